The lowest BCUT2D eigenvalue weighted by Crippen LogP contribution is -2.05. The quantitative estimate of drug-likeness (QED) is 0.263. The maximum Gasteiger partial charge on any atom is 0.0620 e. The standard InChI is InChI=1S/C24H44N2/c1-4-7-10-12-14-15-18-22(17-9-6-3)24-21-25-20-23(26-24)19-16-13-11-8-5-2/h20-22H,4-19H2,1-3H3. The molecular formula is C24H44N2. The molecule has 0 aliphatic carbocycles. The van der Waals surface area contributed by atoms with Crippen LogP contribution in [0.1, 0.15) is 134 Å². The highest BCUT2D eigenvalue weighted by Gasteiger charge is 2.13. The third-order valence-electron chi connectivity index (χ3n) is 5.47. The van der Waals surface area contributed by atoms with Gasteiger partial charge in [-0.15, -0.1) is 0 Å². The molecule has 1 atom stereocenters. The van der Waals surface area contributed by atoms with E-state index in [9.17, 15) is 0 Å². The molecule has 0 bridgehead atoms. The first-order valence-electron chi connectivity index (χ1n) is 11.6. The lowest BCUT2D eigenvalue weighted by atomic mass is 9.92. The minimum Gasteiger partial charge on any atom is -0.261 e. The van der Waals surface area contributed by atoms with Crippen LogP contribution >= 0.6 is 0 Å². The molecule has 0 spiro atoms. The molecule has 0 aromatic carbocycles. The zero-order valence-electron chi connectivity index (χ0n) is 17.9. The molecule has 26 heavy (non-hydrogen) atoms. The summed E-state index contributed by atoms with van der Waals surface area (Å²) in [5, 5.41) is 0. The van der Waals surface area contributed by atoms with Gasteiger partial charge in [-0.1, -0.05) is 97.8 Å². The van der Waals surface area contributed by atoms with Gasteiger partial charge in [-0.05, 0) is 25.7 Å². The largest absolute Gasteiger partial charge is 0.261 e. The van der Waals surface area contributed by atoms with Crippen LogP contribution in [0.4, 0.5) is 0 Å². The zero-order valence-corrected chi connectivity index (χ0v) is 17.9. The fourth-order valence-electron chi connectivity index (χ4n) is 3.71. The molecule has 1 unspecified atom stereocenters. The van der Waals surface area contributed by atoms with Crippen molar-refractivity contribution in [2.75, 3.05) is 0 Å². The van der Waals surface area contributed by atoms with Crippen molar-refractivity contribution in [1.29, 1.82) is 0 Å². The number of rotatable bonds is 17. The Labute approximate surface area is 163 Å². The van der Waals surface area contributed by atoms with Crippen LogP contribution in [0.2, 0.25) is 0 Å². The maximum atomic E-state index is 5.01. The summed E-state index contributed by atoms with van der Waals surface area (Å²) < 4.78 is 0. The summed E-state index contributed by atoms with van der Waals surface area (Å²) in [5.74, 6) is 0.619. The Kier molecular flexibility index (Phi) is 14.5. The number of hydrogen-bond donors (Lipinski definition) is 0. The van der Waals surface area contributed by atoms with Crippen LogP contribution in [0.15, 0.2) is 12.4 Å². The lowest BCUT2D eigenvalue weighted by Gasteiger charge is -2.16. The molecule has 1 aromatic heterocycles. The average Bonchev–Trinajstić information content (AvgIpc) is 2.67. The third kappa shape index (κ3) is 10.9. The van der Waals surface area contributed by atoms with Crippen molar-refractivity contribution in [2.45, 2.75) is 129 Å². The Morgan fingerprint density at radius 1 is 0.654 bits per heavy atom. The van der Waals surface area contributed by atoms with Gasteiger partial charge in [0.25, 0.3) is 0 Å². The van der Waals surface area contributed by atoms with E-state index in [4.69, 9.17) is 4.98 Å². The first-order valence-corrected chi connectivity index (χ1v) is 11.6. The molecule has 0 amide bonds. The Morgan fingerprint density at radius 2 is 1.23 bits per heavy atom. The summed E-state index contributed by atoms with van der Waals surface area (Å²) in [5.41, 5.74) is 2.47. The van der Waals surface area contributed by atoms with Crippen molar-refractivity contribution >= 4 is 0 Å². The second-order valence-corrected chi connectivity index (χ2v) is 8.00. The van der Waals surface area contributed by atoms with Gasteiger partial charge in [0.2, 0.25) is 0 Å². The topological polar surface area (TPSA) is 25.8 Å². The molecular weight excluding hydrogens is 316 g/mol. The first kappa shape index (κ1) is 23.1. The Balaban J connectivity index is 2.47. The highest BCUT2D eigenvalue weighted by Crippen LogP contribution is 2.27. The smallest absolute Gasteiger partial charge is 0.0620 e. The minimum atomic E-state index is 0.619. The second kappa shape index (κ2) is 16.3. The summed E-state index contributed by atoms with van der Waals surface area (Å²) in [7, 11) is 0. The summed E-state index contributed by atoms with van der Waals surface area (Å²) in [6.45, 7) is 6.85. The lowest BCUT2D eigenvalue weighted by molar-refractivity contribution is 0.491. The molecule has 0 aliphatic rings. The predicted molar refractivity (Wildman–Crippen MR) is 115 cm³/mol. The van der Waals surface area contributed by atoms with Gasteiger partial charge in [-0.2, -0.15) is 0 Å². The van der Waals surface area contributed by atoms with Crippen LogP contribution in [-0.2, 0) is 6.42 Å². The normalized spacial score (nSPS) is 12.4. The van der Waals surface area contributed by atoms with Crippen LogP contribution in [0.3, 0.4) is 0 Å². The number of aromatic nitrogens is 2. The van der Waals surface area contributed by atoms with Crippen molar-refractivity contribution in [3.05, 3.63) is 23.8 Å². The molecule has 0 radical (unpaired) electrons. The van der Waals surface area contributed by atoms with E-state index in [1.165, 1.54) is 108 Å². The molecule has 0 aliphatic heterocycles. The van der Waals surface area contributed by atoms with Gasteiger partial charge in [0.05, 0.1) is 11.4 Å². The van der Waals surface area contributed by atoms with E-state index < -0.39 is 0 Å². The fraction of sp³-hybridized carbons (Fsp3) is 0.833. The number of nitrogens with zero attached hydrogens (tertiary/aromatic N) is 2. The number of aryl methyl sites for hydroxylation is 1. The Hall–Kier alpha value is -0.920. The monoisotopic (exact) mass is 360 g/mol. The maximum absolute atomic E-state index is 5.01. The van der Waals surface area contributed by atoms with Crippen LogP contribution < -0.4 is 0 Å². The van der Waals surface area contributed by atoms with E-state index in [2.05, 4.69) is 25.8 Å². The summed E-state index contributed by atoms with van der Waals surface area (Å²) in [6, 6.07) is 0. The Bertz CT molecular complexity index is 430. The molecule has 1 aromatic rings. The van der Waals surface area contributed by atoms with Gasteiger partial charge in [-0.25, -0.2) is 0 Å². The van der Waals surface area contributed by atoms with Crippen molar-refractivity contribution in [1.82, 2.24) is 9.97 Å². The molecule has 2 nitrogen and oxygen atoms in total. The highest BCUT2D eigenvalue weighted by molar-refractivity contribution is 5.08. The second-order valence-electron chi connectivity index (χ2n) is 8.00. The fourth-order valence-corrected chi connectivity index (χ4v) is 3.71. The van der Waals surface area contributed by atoms with Crippen molar-refractivity contribution in [3.8, 4) is 0 Å². The van der Waals surface area contributed by atoms with E-state index in [-0.39, 0.29) is 0 Å². The van der Waals surface area contributed by atoms with Gasteiger partial charge < -0.3 is 0 Å². The zero-order chi connectivity index (χ0) is 18.9. The predicted octanol–water partition coefficient (Wildman–Crippen LogP) is 8.01. The van der Waals surface area contributed by atoms with Crippen molar-refractivity contribution in [3.63, 3.8) is 0 Å². The third-order valence-corrected chi connectivity index (χ3v) is 5.47. The van der Waals surface area contributed by atoms with Crippen LogP contribution in [0.25, 0.3) is 0 Å². The average molecular weight is 361 g/mol. The first-order chi connectivity index (χ1) is 12.8. The highest BCUT2D eigenvalue weighted by atomic mass is 14.8. The molecule has 1 heterocycles. The van der Waals surface area contributed by atoms with Gasteiger partial charge >= 0.3 is 0 Å². The van der Waals surface area contributed by atoms with Crippen molar-refractivity contribution in [2.24, 2.45) is 0 Å². The molecule has 0 saturated heterocycles. The van der Waals surface area contributed by atoms with E-state index in [1.807, 2.05) is 12.4 Å². The van der Waals surface area contributed by atoms with E-state index in [1.54, 1.807) is 0 Å². The van der Waals surface area contributed by atoms with Gasteiger partial charge in [0, 0.05) is 18.3 Å². The van der Waals surface area contributed by atoms with Crippen LogP contribution in [-0.4, -0.2) is 9.97 Å². The molecule has 150 valence electrons. The molecule has 1 rings (SSSR count). The van der Waals surface area contributed by atoms with E-state index in [0.717, 1.165) is 6.42 Å². The van der Waals surface area contributed by atoms with Gasteiger partial charge in [0.15, 0.2) is 0 Å². The van der Waals surface area contributed by atoms with E-state index in [0.29, 0.717) is 5.92 Å². The van der Waals surface area contributed by atoms with Gasteiger partial charge in [-0.3, -0.25) is 9.97 Å². The summed E-state index contributed by atoms with van der Waals surface area (Å²) in [6.07, 6.45) is 25.2. The van der Waals surface area contributed by atoms with Crippen molar-refractivity contribution < 1.29 is 0 Å². The van der Waals surface area contributed by atoms with E-state index >= 15 is 0 Å². The molecule has 0 fully saturated rings. The summed E-state index contributed by atoms with van der Waals surface area (Å²) in [4.78, 5) is 9.54. The van der Waals surface area contributed by atoms with Gasteiger partial charge in [0.1, 0.15) is 0 Å². The number of unbranched alkanes of at least 4 members (excludes halogenated alkanes) is 10. The SMILES string of the molecule is CCCCCCCCC(CCCC)c1cncc(CCCCCCC)n1. The molecule has 2 heteroatoms. The molecule has 0 N–H and O–H groups in total. The minimum absolute atomic E-state index is 0.619. The Morgan fingerprint density at radius 3 is 1.92 bits per heavy atom. The van der Waals surface area contributed by atoms with Crippen LogP contribution in [0.5, 0.6) is 0 Å². The number of hydrogen-bond acceptors (Lipinski definition) is 2. The summed E-state index contributed by atoms with van der Waals surface area (Å²) >= 11 is 0. The molecule has 0 saturated carbocycles. The van der Waals surface area contributed by atoms with Crippen LogP contribution in [0, 0.1) is 0 Å².